The third kappa shape index (κ3) is 5.21. The van der Waals surface area contributed by atoms with E-state index < -0.39 is 12.1 Å². The van der Waals surface area contributed by atoms with E-state index in [1.165, 1.54) is 0 Å². The molecule has 4 aromatic rings. The maximum atomic E-state index is 12.7. The van der Waals surface area contributed by atoms with Gasteiger partial charge in [-0.15, -0.1) is 0 Å². The second-order valence-corrected chi connectivity index (χ2v) is 7.02. The second-order valence-electron chi connectivity index (χ2n) is 7.02. The van der Waals surface area contributed by atoms with Gasteiger partial charge in [0.25, 0.3) is 0 Å². The lowest BCUT2D eigenvalue weighted by atomic mass is 10.0. The van der Waals surface area contributed by atoms with E-state index in [4.69, 9.17) is 4.74 Å². The van der Waals surface area contributed by atoms with Crippen molar-refractivity contribution in [1.29, 1.82) is 0 Å². The van der Waals surface area contributed by atoms with E-state index in [1.54, 1.807) is 48.5 Å². The van der Waals surface area contributed by atoms with Crippen LogP contribution in [0.3, 0.4) is 0 Å². The van der Waals surface area contributed by atoms with Crippen molar-refractivity contribution in [2.45, 2.75) is 19.2 Å². The Morgan fingerprint density at radius 1 is 0.906 bits per heavy atom. The zero-order valence-electron chi connectivity index (χ0n) is 16.7. The number of ether oxygens (including phenoxy) is 1. The van der Waals surface area contributed by atoms with Crippen molar-refractivity contribution < 1.29 is 27.2 Å². The number of benzene rings is 3. The van der Waals surface area contributed by atoms with Crippen LogP contribution in [0.5, 0.6) is 5.75 Å². The lowest BCUT2D eigenvalue weighted by Gasteiger charge is -2.08. The standard InChI is InChI=1S/C24H17F3N2O3/c25-24(26,27)23-28-22(29-32-23)18-11-9-16(10-12-18)13-21(30)19-7-4-8-20(14-19)31-15-17-5-2-1-3-6-17/h1-12,14H,13,15H2. The Morgan fingerprint density at radius 3 is 2.34 bits per heavy atom. The third-order valence-electron chi connectivity index (χ3n) is 4.65. The van der Waals surface area contributed by atoms with Crippen LogP contribution in [0.15, 0.2) is 83.4 Å². The smallest absolute Gasteiger partial charge is 0.471 e. The molecular formula is C24H17F3N2O3. The minimum Gasteiger partial charge on any atom is -0.489 e. The van der Waals surface area contributed by atoms with E-state index in [-0.39, 0.29) is 18.0 Å². The molecule has 0 aliphatic rings. The van der Waals surface area contributed by atoms with Crippen molar-refractivity contribution in [3.8, 4) is 17.1 Å². The molecule has 0 saturated heterocycles. The summed E-state index contributed by atoms with van der Waals surface area (Å²) in [5.74, 6) is -1.09. The predicted octanol–water partition coefficient (Wildman–Crippen LogP) is 5.76. The van der Waals surface area contributed by atoms with Gasteiger partial charge in [-0.05, 0) is 23.3 Å². The number of Topliss-reactive ketones (excluding diaryl/α,β-unsaturated/α-hetero) is 1. The van der Waals surface area contributed by atoms with Crippen LogP contribution in [-0.4, -0.2) is 15.9 Å². The average Bonchev–Trinajstić information content (AvgIpc) is 3.30. The van der Waals surface area contributed by atoms with Crippen LogP contribution in [0.2, 0.25) is 0 Å². The zero-order valence-corrected chi connectivity index (χ0v) is 16.7. The Kier molecular flexibility index (Phi) is 6.02. The van der Waals surface area contributed by atoms with Crippen LogP contribution in [0.4, 0.5) is 13.2 Å². The largest absolute Gasteiger partial charge is 0.489 e. The molecule has 0 bridgehead atoms. The number of carbonyl (C=O) groups excluding carboxylic acids is 1. The molecule has 0 N–H and O–H groups in total. The zero-order chi connectivity index (χ0) is 22.6. The number of halogens is 3. The molecule has 0 unspecified atom stereocenters. The molecule has 0 aliphatic heterocycles. The maximum Gasteiger partial charge on any atom is 0.471 e. The molecule has 1 heterocycles. The molecule has 0 aliphatic carbocycles. The lowest BCUT2D eigenvalue weighted by Crippen LogP contribution is -2.05. The molecule has 3 aromatic carbocycles. The Morgan fingerprint density at radius 2 is 1.66 bits per heavy atom. The summed E-state index contributed by atoms with van der Waals surface area (Å²) in [7, 11) is 0. The van der Waals surface area contributed by atoms with Crippen molar-refractivity contribution in [3.63, 3.8) is 0 Å². The average molecular weight is 438 g/mol. The fraction of sp³-hybridized carbons (Fsp3) is 0.125. The Hall–Kier alpha value is -3.94. The number of aromatic nitrogens is 2. The van der Waals surface area contributed by atoms with Crippen LogP contribution in [0.1, 0.15) is 27.4 Å². The number of nitrogens with zero attached hydrogens (tertiary/aromatic N) is 2. The van der Waals surface area contributed by atoms with Gasteiger partial charge in [0.1, 0.15) is 12.4 Å². The summed E-state index contributed by atoms with van der Waals surface area (Å²) in [6.45, 7) is 0.395. The van der Waals surface area contributed by atoms with Crippen LogP contribution in [0, 0.1) is 0 Å². The summed E-state index contributed by atoms with van der Waals surface area (Å²) in [5, 5.41) is 3.35. The Bertz CT molecular complexity index is 1200. The van der Waals surface area contributed by atoms with Gasteiger partial charge in [0.05, 0.1) is 0 Å². The number of hydrogen-bond acceptors (Lipinski definition) is 5. The molecule has 0 fully saturated rings. The number of ketones is 1. The highest BCUT2D eigenvalue weighted by Gasteiger charge is 2.38. The van der Waals surface area contributed by atoms with Gasteiger partial charge >= 0.3 is 12.1 Å². The number of alkyl halides is 3. The van der Waals surface area contributed by atoms with Crippen LogP contribution >= 0.6 is 0 Å². The monoisotopic (exact) mass is 438 g/mol. The van der Waals surface area contributed by atoms with E-state index in [0.717, 1.165) is 5.56 Å². The Labute approximate surface area is 181 Å². The molecule has 1 aromatic heterocycles. The van der Waals surface area contributed by atoms with E-state index in [0.29, 0.717) is 29.0 Å². The molecular weight excluding hydrogens is 421 g/mol. The van der Waals surface area contributed by atoms with Crippen molar-refractivity contribution in [3.05, 3.63) is 101 Å². The van der Waals surface area contributed by atoms with E-state index in [2.05, 4.69) is 14.7 Å². The normalized spacial score (nSPS) is 11.3. The summed E-state index contributed by atoms with van der Waals surface area (Å²) in [5.41, 5.74) is 2.59. The highest BCUT2D eigenvalue weighted by atomic mass is 19.4. The highest BCUT2D eigenvalue weighted by Crippen LogP contribution is 2.29. The Balaban J connectivity index is 1.40. The molecule has 0 amide bonds. The molecule has 0 saturated carbocycles. The van der Waals surface area contributed by atoms with E-state index >= 15 is 0 Å². The first-order chi connectivity index (χ1) is 15.4. The topological polar surface area (TPSA) is 65.2 Å². The highest BCUT2D eigenvalue weighted by molar-refractivity contribution is 5.97. The van der Waals surface area contributed by atoms with Gasteiger partial charge < -0.3 is 9.26 Å². The van der Waals surface area contributed by atoms with Gasteiger partial charge in [-0.1, -0.05) is 71.9 Å². The van der Waals surface area contributed by atoms with Gasteiger partial charge in [0, 0.05) is 17.5 Å². The molecule has 0 radical (unpaired) electrons. The second kappa shape index (κ2) is 9.05. The van der Waals surface area contributed by atoms with Crippen molar-refractivity contribution in [2.75, 3.05) is 0 Å². The number of carbonyl (C=O) groups is 1. The van der Waals surface area contributed by atoms with Gasteiger partial charge in [-0.25, -0.2) is 0 Å². The van der Waals surface area contributed by atoms with Gasteiger partial charge in [0.15, 0.2) is 5.78 Å². The minimum absolute atomic E-state index is 0.109. The van der Waals surface area contributed by atoms with Crippen molar-refractivity contribution in [2.24, 2.45) is 0 Å². The summed E-state index contributed by atoms with van der Waals surface area (Å²) < 4.78 is 47.8. The van der Waals surface area contributed by atoms with Crippen molar-refractivity contribution >= 4 is 5.78 Å². The third-order valence-corrected chi connectivity index (χ3v) is 4.65. The summed E-state index contributed by atoms with van der Waals surface area (Å²) in [6.07, 6.45) is -4.57. The fourth-order valence-corrected chi connectivity index (χ4v) is 3.02. The van der Waals surface area contributed by atoms with Gasteiger partial charge in [-0.3, -0.25) is 4.79 Å². The molecule has 0 spiro atoms. The maximum absolute atomic E-state index is 12.7. The molecule has 5 nitrogen and oxygen atoms in total. The van der Waals surface area contributed by atoms with E-state index in [1.807, 2.05) is 30.3 Å². The minimum atomic E-state index is -4.70. The molecule has 162 valence electrons. The van der Waals surface area contributed by atoms with Crippen LogP contribution < -0.4 is 4.74 Å². The number of rotatable bonds is 7. The van der Waals surface area contributed by atoms with Gasteiger partial charge in [0.2, 0.25) is 5.82 Å². The first-order valence-electron chi connectivity index (χ1n) is 9.69. The lowest BCUT2D eigenvalue weighted by molar-refractivity contribution is -0.159. The summed E-state index contributed by atoms with van der Waals surface area (Å²) in [4.78, 5) is 16.0. The van der Waals surface area contributed by atoms with E-state index in [9.17, 15) is 18.0 Å². The van der Waals surface area contributed by atoms with Crippen LogP contribution in [0.25, 0.3) is 11.4 Å². The summed E-state index contributed by atoms with van der Waals surface area (Å²) >= 11 is 0. The van der Waals surface area contributed by atoms with Crippen LogP contribution in [-0.2, 0) is 19.2 Å². The van der Waals surface area contributed by atoms with Crippen molar-refractivity contribution in [1.82, 2.24) is 10.1 Å². The molecule has 8 heteroatoms. The predicted molar refractivity (Wildman–Crippen MR) is 110 cm³/mol. The van der Waals surface area contributed by atoms with Gasteiger partial charge in [-0.2, -0.15) is 18.2 Å². The molecule has 4 rings (SSSR count). The molecule has 32 heavy (non-hydrogen) atoms. The first-order valence-corrected chi connectivity index (χ1v) is 9.69. The quantitative estimate of drug-likeness (QED) is 0.343. The number of hydrogen-bond donors (Lipinski definition) is 0. The molecule has 0 atom stereocenters. The fourth-order valence-electron chi connectivity index (χ4n) is 3.02. The SMILES string of the molecule is O=C(Cc1ccc(-c2noc(C(F)(F)F)n2)cc1)c1cccc(OCc2ccccc2)c1. The summed E-state index contributed by atoms with van der Waals surface area (Å²) in [6, 6.07) is 23.0. The first kappa shape index (κ1) is 21.3.